The van der Waals surface area contributed by atoms with E-state index < -0.39 is 0 Å². The van der Waals surface area contributed by atoms with Crippen molar-refractivity contribution >= 4 is 12.4 Å². The Morgan fingerprint density at radius 1 is 1.31 bits per heavy atom. The molecule has 0 saturated carbocycles. The van der Waals surface area contributed by atoms with Crippen LogP contribution in [0.1, 0.15) is 47.5 Å². The Bertz CT molecular complexity index is 194. The number of rotatable bonds is 4. The third-order valence-corrected chi connectivity index (χ3v) is 4.20. The molecule has 2 atom stereocenters. The predicted octanol–water partition coefficient (Wildman–Crippen LogP) is 2.92. The Hall–Kier alpha value is 0.210. The fourth-order valence-electron chi connectivity index (χ4n) is 2.06. The van der Waals surface area contributed by atoms with Crippen LogP contribution in [0.25, 0.3) is 0 Å². The first-order chi connectivity index (χ1) is 6.96. The molecule has 0 aromatic rings. The number of hydrogen-bond donors (Lipinski definition) is 1. The van der Waals surface area contributed by atoms with Crippen LogP contribution >= 0.6 is 12.4 Å². The van der Waals surface area contributed by atoms with Crippen molar-refractivity contribution in [1.29, 1.82) is 0 Å². The molecule has 2 nitrogen and oxygen atoms in total. The van der Waals surface area contributed by atoms with Crippen LogP contribution in [-0.2, 0) is 0 Å². The lowest BCUT2D eigenvalue weighted by Gasteiger charge is -2.40. The largest absolute Gasteiger partial charge is 0.311 e. The van der Waals surface area contributed by atoms with Crippen molar-refractivity contribution in [2.24, 2.45) is 5.41 Å². The fraction of sp³-hybridized carbons (Fsp3) is 1.00. The summed E-state index contributed by atoms with van der Waals surface area (Å²) in [5.41, 5.74) is 0.508. The highest BCUT2D eigenvalue weighted by Crippen LogP contribution is 2.25. The number of hydrogen-bond acceptors (Lipinski definition) is 2. The quantitative estimate of drug-likeness (QED) is 0.823. The Kier molecular flexibility index (Phi) is 6.92. The molecule has 1 rings (SSSR count). The Balaban J connectivity index is 0.00000225. The van der Waals surface area contributed by atoms with Gasteiger partial charge < -0.3 is 5.32 Å². The number of piperazine rings is 1. The molecule has 0 spiro atoms. The van der Waals surface area contributed by atoms with E-state index in [-0.39, 0.29) is 12.4 Å². The minimum Gasteiger partial charge on any atom is -0.311 e. The summed E-state index contributed by atoms with van der Waals surface area (Å²) in [5, 5.41) is 3.53. The normalized spacial score (nSPS) is 27.6. The van der Waals surface area contributed by atoms with Crippen LogP contribution in [0.15, 0.2) is 0 Å². The third kappa shape index (κ3) is 4.60. The van der Waals surface area contributed by atoms with Crippen LogP contribution in [0, 0.1) is 5.41 Å². The van der Waals surface area contributed by atoms with Crippen LogP contribution in [-0.4, -0.2) is 36.6 Å². The summed E-state index contributed by atoms with van der Waals surface area (Å²) in [6.07, 6.45) is 2.60. The summed E-state index contributed by atoms with van der Waals surface area (Å²) in [6.45, 7) is 15.3. The van der Waals surface area contributed by atoms with Crippen molar-refractivity contribution in [2.45, 2.75) is 59.5 Å². The smallest absolute Gasteiger partial charge is 0.0218 e. The minimum atomic E-state index is 0. The molecule has 1 aliphatic rings. The second-order valence-electron chi connectivity index (χ2n) is 5.79. The van der Waals surface area contributed by atoms with E-state index in [1.807, 2.05) is 0 Å². The van der Waals surface area contributed by atoms with E-state index in [1.54, 1.807) is 0 Å². The molecular formula is C13H29ClN2. The van der Waals surface area contributed by atoms with Crippen LogP contribution in [0.2, 0.25) is 0 Å². The number of halogens is 1. The summed E-state index contributed by atoms with van der Waals surface area (Å²) in [6, 6.07) is 1.33. The average molecular weight is 249 g/mol. The van der Waals surface area contributed by atoms with Crippen molar-refractivity contribution in [3.05, 3.63) is 0 Å². The zero-order chi connectivity index (χ0) is 11.5. The maximum absolute atomic E-state index is 3.53. The third-order valence-electron chi connectivity index (χ3n) is 4.20. The first-order valence-corrected chi connectivity index (χ1v) is 6.44. The summed E-state index contributed by atoms with van der Waals surface area (Å²) >= 11 is 0. The molecule has 1 heterocycles. The van der Waals surface area contributed by atoms with Gasteiger partial charge in [0.05, 0.1) is 0 Å². The van der Waals surface area contributed by atoms with Crippen molar-refractivity contribution in [1.82, 2.24) is 10.2 Å². The molecule has 1 N–H and O–H groups in total. The lowest BCUT2D eigenvalue weighted by molar-refractivity contribution is 0.118. The van der Waals surface area contributed by atoms with Gasteiger partial charge in [-0.15, -0.1) is 12.4 Å². The summed E-state index contributed by atoms with van der Waals surface area (Å²) in [7, 11) is 0. The Morgan fingerprint density at radius 3 is 2.50 bits per heavy atom. The molecule has 0 aromatic heterocycles. The van der Waals surface area contributed by atoms with E-state index in [9.17, 15) is 0 Å². The SMILES string of the molecule is CCC(C)(C)CCN1CCNC(C)C1C.Cl. The molecule has 0 radical (unpaired) electrons. The van der Waals surface area contributed by atoms with Crippen molar-refractivity contribution < 1.29 is 0 Å². The molecule has 16 heavy (non-hydrogen) atoms. The molecule has 0 aliphatic carbocycles. The molecule has 0 aromatic carbocycles. The Labute approximate surface area is 108 Å². The zero-order valence-electron chi connectivity index (χ0n) is 11.5. The fourth-order valence-corrected chi connectivity index (χ4v) is 2.06. The van der Waals surface area contributed by atoms with Gasteiger partial charge in [-0.1, -0.05) is 27.2 Å². The maximum Gasteiger partial charge on any atom is 0.0218 e. The molecule has 2 unspecified atom stereocenters. The van der Waals surface area contributed by atoms with Gasteiger partial charge in [0.2, 0.25) is 0 Å². The van der Waals surface area contributed by atoms with Gasteiger partial charge in [-0.2, -0.15) is 0 Å². The highest BCUT2D eigenvalue weighted by Gasteiger charge is 2.25. The second-order valence-corrected chi connectivity index (χ2v) is 5.79. The average Bonchev–Trinajstić information content (AvgIpc) is 2.20. The van der Waals surface area contributed by atoms with Gasteiger partial charge in [-0.25, -0.2) is 0 Å². The molecule has 3 heteroatoms. The Morgan fingerprint density at radius 2 is 1.94 bits per heavy atom. The summed E-state index contributed by atoms with van der Waals surface area (Å²) in [4.78, 5) is 2.64. The van der Waals surface area contributed by atoms with Crippen LogP contribution in [0.3, 0.4) is 0 Å². The van der Waals surface area contributed by atoms with E-state index in [2.05, 4.69) is 44.8 Å². The van der Waals surface area contributed by atoms with Crippen LogP contribution < -0.4 is 5.32 Å². The lowest BCUT2D eigenvalue weighted by atomic mass is 9.86. The first kappa shape index (κ1) is 16.2. The highest BCUT2D eigenvalue weighted by molar-refractivity contribution is 5.85. The van der Waals surface area contributed by atoms with E-state index in [4.69, 9.17) is 0 Å². The van der Waals surface area contributed by atoms with Gasteiger partial charge in [0.15, 0.2) is 0 Å². The predicted molar refractivity (Wildman–Crippen MR) is 74.4 cm³/mol. The van der Waals surface area contributed by atoms with Gasteiger partial charge in [-0.3, -0.25) is 4.90 Å². The van der Waals surface area contributed by atoms with Crippen LogP contribution in [0.4, 0.5) is 0 Å². The van der Waals surface area contributed by atoms with E-state index in [0.29, 0.717) is 17.5 Å². The van der Waals surface area contributed by atoms with Crippen molar-refractivity contribution in [3.63, 3.8) is 0 Å². The summed E-state index contributed by atoms with van der Waals surface area (Å²) < 4.78 is 0. The second kappa shape index (κ2) is 6.83. The lowest BCUT2D eigenvalue weighted by Crippen LogP contribution is -2.55. The topological polar surface area (TPSA) is 15.3 Å². The van der Waals surface area contributed by atoms with E-state index >= 15 is 0 Å². The molecule has 1 fully saturated rings. The van der Waals surface area contributed by atoms with E-state index in [1.165, 1.54) is 25.9 Å². The monoisotopic (exact) mass is 248 g/mol. The molecule has 0 bridgehead atoms. The van der Waals surface area contributed by atoms with Gasteiger partial charge in [-0.05, 0) is 32.2 Å². The number of nitrogens with one attached hydrogen (secondary N) is 1. The minimum absolute atomic E-state index is 0. The van der Waals surface area contributed by atoms with E-state index in [0.717, 1.165) is 6.54 Å². The van der Waals surface area contributed by atoms with Gasteiger partial charge >= 0.3 is 0 Å². The number of nitrogens with zero attached hydrogens (tertiary/aromatic N) is 1. The molecule has 1 aliphatic heterocycles. The summed E-state index contributed by atoms with van der Waals surface area (Å²) in [5.74, 6) is 0. The van der Waals surface area contributed by atoms with Gasteiger partial charge in [0, 0.05) is 25.2 Å². The van der Waals surface area contributed by atoms with Gasteiger partial charge in [0.1, 0.15) is 0 Å². The molecule has 1 saturated heterocycles. The van der Waals surface area contributed by atoms with Crippen molar-refractivity contribution in [2.75, 3.05) is 19.6 Å². The van der Waals surface area contributed by atoms with Crippen LogP contribution in [0.5, 0.6) is 0 Å². The zero-order valence-corrected chi connectivity index (χ0v) is 12.4. The van der Waals surface area contributed by atoms with Crippen molar-refractivity contribution in [3.8, 4) is 0 Å². The van der Waals surface area contributed by atoms with Gasteiger partial charge in [0.25, 0.3) is 0 Å². The molecule has 98 valence electrons. The molecular weight excluding hydrogens is 220 g/mol. The highest BCUT2D eigenvalue weighted by atomic mass is 35.5. The molecule has 0 amide bonds. The standard InChI is InChI=1S/C13H28N2.ClH/c1-6-13(4,5)7-9-15-10-8-14-11(2)12(15)3;/h11-12,14H,6-10H2,1-5H3;1H. The first-order valence-electron chi connectivity index (χ1n) is 6.44. The maximum atomic E-state index is 3.53.